The third-order valence-corrected chi connectivity index (χ3v) is 3.27. The molecule has 0 atom stereocenters. The van der Waals surface area contributed by atoms with Crippen molar-refractivity contribution in [2.24, 2.45) is 0 Å². The number of carboxylic acids is 1. The maximum atomic E-state index is 11.2. The molecule has 0 saturated heterocycles. The van der Waals surface area contributed by atoms with Gasteiger partial charge in [0.15, 0.2) is 0 Å². The first kappa shape index (κ1) is 12.5. The Morgan fingerprint density at radius 1 is 0.944 bits per heavy atom. The van der Waals surface area contributed by atoms with E-state index in [0.717, 1.165) is 4.90 Å². The van der Waals surface area contributed by atoms with Gasteiger partial charge in [-0.25, -0.2) is 4.79 Å². The molecule has 0 amide bonds. The Morgan fingerprint density at radius 2 is 1.50 bits per heavy atom. The van der Waals surface area contributed by atoms with Gasteiger partial charge in [-0.3, -0.25) is 0 Å². The molecule has 0 aromatic heterocycles. The molecule has 0 radical (unpaired) electrons. The lowest BCUT2D eigenvalue weighted by Gasteiger charge is -2.02. The number of benzene rings is 2. The van der Waals surface area contributed by atoms with Gasteiger partial charge in [0.05, 0.1) is 5.57 Å². The maximum Gasteiger partial charge on any atom is 0.336 e. The quantitative estimate of drug-likeness (QED) is 0.665. The third kappa shape index (κ3) is 3.25. The van der Waals surface area contributed by atoms with E-state index < -0.39 is 5.97 Å². The lowest BCUT2D eigenvalue weighted by molar-refractivity contribution is -0.130. The van der Waals surface area contributed by atoms with Crippen LogP contribution in [-0.4, -0.2) is 11.1 Å². The molecule has 18 heavy (non-hydrogen) atoms. The van der Waals surface area contributed by atoms with Gasteiger partial charge >= 0.3 is 5.97 Å². The highest BCUT2D eigenvalue weighted by molar-refractivity contribution is 8.02. The van der Waals surface area contributed by atoms with Crippen LogP contribution < -0.4 is 0 Å². The fraction of sp³-hybridized carbons (Fsp3) is 0. The van der Waals surface area contributed by atoms with Crippen LogP contribution in [0, 0.1) is 0 Å². The van der Waals surface area contributed by atoms with Gasteiger partial charge in [-0.05, 0) is 23.1 Å². The fourth-order valence-corrected chi connectivity index (χ4v) is 2.29. The topological polar surface area (TPSA) is 37.3 Å². The van der Waals surface area contributed by atoms with E-state index in [1.165, 1.54) is 11.8 Å². The zero-order chi connectivity index (χ0) is 12.8. The van der Waals surface area contributed by atoms with Gasteiger partial charge < -0.3 is 5.11 Å². The number of thioether (sulfide) groups is 1. The van der Waals surface area contributed by atoms with Crippen molar-refractivity contribution >= 4 is 23.3 Å². The molecule has 0 bridgehead atoms. The second kappa shape index (κ2) is 6.07. The molecule has 0 spiro atoms. The highest BCUT2D eigenvalue weighted by atomic mass is 32.2. The van der Waals surface area contributed by atoms with E-state index in [-0.39, 0.29) is 0 Å². The van der Waals surface area contributed by atoms with Crippen LogP contribution in [0.15, 0.2) is 71.0 Å². The van der Waals surface area contributed by atoms with Crippen molar-refractivity contribution in [2.45, 2.75) is 4.90 Å². The number of hydrogen-bond donors (Lipinski definition) is 1. The molecule has 2 aromatic carbocycles. The number of carboxylic acid groups (broad SMARTS) is 1. The van der Waals surface area contributed by atoms with E-state index in [0.29, 0.717) is 11.1 Å². The Hall–Kier alpha value is -2.00. The first-order chi connectivity index (χ1) is 8.77. The van der Waals surface area contributed by atoms with Crippen LogP contribution in [-0.2, 0) is 4.79 Å². The Kier molecular flexibility index (Phi) is 4.20. The Bertz CT molecular complexity index is 547. The predicted molar refractivity (Wildman–Crippen MR) is 74.4 cm³/mol. The summed E-state index contributed by atoms with van der Waals surface area (Å²) in [4.78, 5) is 12.3. The van der Waals surface area contributed by atoms with E-state index in [1.807, 2.05) is 48.5 Å². The van der Waals surface area contributed by atoms with E-state index in [9.17, 15) is 9.90 Å². The van der Waals surface area contributed by atoms with Crippen LogP contribution in [0.3, 0.4) is 0 Å². The molecule has 2 aromatic rings. The highest BCUT2D eigenvalue weighted by Crippen LogP contribution is 2.24. The van der Waals surface area contributed by atoms with Crippen molar-refractivity contribution in [1.29, 1.82) is 0 Å². The standard InChI is InChI=1S/C15H12O2S/c16-15(17)14(12-7-3-1-4-8-12)11-18-13-9-5-2-6-10-13/h1-11H,(H,16,17)/b14-11-. The summed E-state index contributed by atoms with van der Waals surface area (Å²) in [5, 5.41) is 10.9. The van der Waals surface area contributed by atoms with Crippen molar-refractivity contribution in [1.82, 2.24) is 0 Å². The molecule has 90 valence electrons. The normalized spacial score (nSPS) is 11.2. The largest absolute Gasteiger partial charge is 0.478 e. The third-order valence-electron chi connectivity index (χ3n) is 2.37. The Labute approximate surface area is 110 Å². The number of rotatable bonds is 4. The van der Waals surface area contributed by atoms with E-state index >= 15 is 0 Å². The van der Waals surface area contributed by atoms with Crippen LogP contribution in [0.25, 0.3) is 5.57 Å². The van der Waals surface area contributed by atoms with Crippen molar-refractivity contribution < 1.29 is 9.90 Å². The van der Waals surface area contributed by atoms with Gasteiger partial charge in [0.1, 0.15) is 0 Å². The fourth-order valence-electron chi connectivity index (χ4n) is 1.49. The summed E-state index contributed by atoms with van der Waals surface area (Å²) >= 11 is 1.41. The van der Waals surface area contributed by atoms with Gasteiger partial charge in [-0.15, -0.1) is 0 Å². The summed E-state index contributed by atoms with van der Waals surface area (Å²) in [5.41, 5.74) is 1.03. The molecule has 0 aliphatic carbocycles. The van der Waals surface area contributed by atoms with Crippen LogP contribution in [0.2, 0.25) is 0 Å². The van der Waals surface area contributed by atoms with Crippen molar-refractivity contribution in [3.8, 4) is 0 Å². The van der Waals surface area contributed by atoms with Crippen LogP contribution in [0.1, 0.15) is 5.56 Å². The summed E-state index contributed by atoms with van der Waals surface area (Å²) in [7, 11) is 0. The summed E-state index contributed by atoms with van der Waals surface area (Å²) in [5.74, 6) is -0.912. The molecule has 3 heteroatoms. The molecule has 0 fully saturated rings. The minimum absolute atomic E-state index is 0.310. The number of carbonyl (C=O) groups is 1. The van der Waals surface area contributed by atoms with E-state index in [4.69, 9.17) is 0 Å². The van der Waals surface area contributed by atoms with Crippen LogP contribution in [0.5, 0.6) is 0 Å². The molecule has 0 aliphatic heterocycles. The van der Waals surface area contributed by atoms with Gasteiger partial charge in [-0.1, -0.05) is 60.3 Å². The Balaban J connectivity index is 2.24. The number of aliphatic carboxylic acids is 1. The van der Waals surface area contributed by atoms with Gasteiger partial charge in [0, 0.05) is 4.90 Å². The second-order valence-electron chi connectivity index (χ2n) is 3.63. The average Bonchev–Trinajstić information content (AvgIpc) is 2.41. The highest BCUT2D eigenvalue weighted by Gasteiger charge is 2.09. The molecule has 2 rings (SSSR count). The first-order valence-corrected chi connectivity index (χ1v) is 6.36. The van der Waals surface area contributed by atoms with Crippen LogP contribution in [0.4, 0.5) is 0 Å². The van der Waals surface area contributed by atoms with Gasteiger partial charge in [-0.2, -0.15) is 0 Å². The van der Waals surface area contributed by atoms with E-state index in [2.05, 4.69) is 0 Å². The monoisotopic (exact) mass is 256 g/mol. The smallest absolute Gasteiger partial charge is 0.336 e. The zero-order valence-corrected chi connectivity index (χ0v) is 10.4. The second-order valence-corrected chi connectivity index (χ2v) is 4.58. The first-order valence-electron chi connectivity index (χ1n) is 5.48. The number of hydrogen-bond acceptors (Lipinski definition) is 2. The molecule has 2 nitrogen and oxygen atoms in total. The van der Waals surface area contributed by atoms with E-state index in [1.54, 1.807) is 17.5 Å². The summed E-state index contributed by atoms with van der Waals surface area (Å²) in [6.07, 6.45) is 0. The molecule has 0 aliphatic rings. The van der Waals surface area contributed by atoms with Crippen molar-refractivity contribution in [3.05, 3.63) is 71.6 Å². The van der Waals surface area contributed by atoms with Crippen molar-refractivity contribution in [3.63, 3.8) is 0 Å². The van der Waals surface area contributed by atoms with Crippen molar-refractivity contribution in [2.75, 3.05) is 0 Å². The minimum Gasteiger partial charge on any atom is -0.478 e. The zero-order valence-electron chi connectivity index (χ0n) is 9.61. The lowest BCUT2D eigenvalue weighted by atomic mass is 10.1. The SMILES string of the molecule is O=C(O)/C(=C\Sc1ccccc1)c1ccccc1. The Morgan fingerprint density at radius 3 is 2.06 bits per heavy atom. The molecule has 0 heterocycles. The lowest BCUT2D eigenvalue weighted by Crippen LogP contribution is -1.98. The average molecular weight is 256 g/mol. The minimum atomic E-state index is -0.912. The maximum absolute atomic E-state index is 11.2. The van der Waals surface area contributed by atoms with Gasteiger partial charge in [0.2, 0.25) is 0 Å². The molecule has 0 unspecified atom stereocenters. The van der Waals surface area contributed by atoms with Crippen LogP contribution >= 0.6 is 11.8 Å². The summed E-state index contributed by atoms with van der Waals surface area (Å²) in [6.45, 7) is 0. The summed E-state index contributed by atoms with van der Waals surface area (Å²) < 4.78 is 0. The molecular weight excluding hydrogens is 244 g/mol. The van der Waals surface area contributed by atoms with Gasteiger partial charge in [0.25, 0.3) is 0 Å². The predicted octanol–water partition coefficient (Wildman–Crippen LogP) is 3.90. The molecule has 1 N–H and O–H groups in total. The molecular formula is C15H12O2S. The molecule has 0 saturated carbocycles. The summed E-state index contributed by atoms with van der Waals surface area (Å²) in [6, 6.07) is 18.8.